The maximum atomic E-state index is 14.3. The Balaban J connectivity index is 1.71. The maximum Gasteiger partial charge on any atom is 0.264 e. The number of para-hydroxylation sites is 1. The number of amides is 2. The summed E-state index contributed by atoms with van der Waals surface area (Å²) in [5.41, 5.74) is 2.99. The number of carbonyl (C=O) groups is 2. The van der Waals surface area contributed by atoms with Crippen molar-refractivity contribution in [2.24, 2.45) is 0 Å². The fourth-order valence-corrected chi connectivity index (χ4v) is 7.20. The molecule has 0 saturated heterocycles. The zero-order valence-electron chi connectivity index (χ0n) is 24.6. The normalized spacial score (nSPS) is 14.7. The van der Waals surface area contributed by atoms with Gasteiger partial charge < -0.3 is 10.2 Å². The molecule has 2 amide bonds. The van der Waals surface area contributed by atoms with E-state index in [9.17, 15) is 18.0 Å². The number of benzene rings is 3. The van der Waals surface area contributed by atoms with Crippen LogP contribution in [0, 0.1) is 13.8 Å². The van der Waals surface area contributed by atoms with Crippen molar-refractivity contribution in [3.05, 3.63) is 94.5 Å². The van der Waals surface area contributed by atoms with Gasteiger partial charge in [0.05, 0.1) is 15.6 Å². The first-order chi connectivity index (χ1) is 20.1. The van der Waals surface area contributed by atoms with Gasteiger partial charge in [0.15, 0.2) is 0 Å². The van der Waals surface area contributed by atoms with Crippen molar-refractivity contribution in [3.63, 3.8) is 0 Å². The van der Waals surface area contributed by atoms with Crippen LogP contribution in [0.15, 0.2) is 77.7 Å². The topological polar surface area (TPSA) is 86.8 Å². The van der Waals surface area contributed by atoms with E-state index in [2.05, 4.69) is 5.32 Å². The van der Waals surface area contributed by atoms with Gasteiger partial charge in [-0.15, -0.1) is 0 Å². The molecule has 1 saturated carbocycles. The van der Waals surface area contributed by atoms with Crippen LogP contribution in [0.4, 0.5) is 5.69 Å². The molecule has 0 radical (unpaired) electrons. The molecule has 0 bridgehead atoms. The lowest BCUT2D eigenvalue weighted by Crippen LogP contribution is -2.54. The number of aryl methyl sites for hydroxylation is 2. The van der Waals surface area contributed by atoms with Crippen LogP contribution < -0.4 is 9.62 Å². The molecule has 4 rings (SSSR count). The van der Waals surface area contributed by atoms with E-state index in [1.165, 1.54) is 17.0 Å². The molecule has 0 spiro atoms. The van der Waals surface area contributed by atoms with E-state index in [0.717, 1.165) is 53.1 Å². The largest absolute Gasteiger partial charge is 0.352 e. The second kappa shape index (κ2) is 14.2. The number of hydrogen-bond acceptors (Lipinski definition) is 4. The lowest BCUT2D eigenvalue weighted by molar-refractivity contribution is -0.140. The minimum absolute atomic E-state index is 0.0492. The third kappa shape index (κ3) is 7.72. The standard InChI is InChI=1S/C33H40ClN3O4S/c1-4-30(33(39)35-27-13-6-5-7-14-27)36(22-26-12-10-11-25(3)21-26)32(38)23-37(31-16-9-8-15-29(31)34)42(40,41)28-19-17-24(2)18-20-28/h8-12,15-21,27,30H,4-7,13-14,22-23H2,1-3H3,(H,35,39)/t30-/m1/s1. The smallest absolute Gasteiger partial charge is 0.264 e. The number of nitrogens with zero attached hydrogens (tertiary/aromatic N) is 2. The molecule has 1 N–H and O–H groups in total. The Bertz CT molecular complexity index is 1490. The third-order valence-corrected chi connectivity index (χ3v) is 9.88. The number of anilines is 1. The number of carbonyl (C=O) groups excluding carboxylic acids is 2. The minimum atomic E-state index is -4.18. The Hall–Kier alpha value is -3.36. The molecule has 1 aliphatic rings. The summed E-state index contributed by atoms with van der Waals surface area (Å²) in [5.74, 6) is -0.700. The zero-order chi connectivity index (χ0) is 30.3. The molecule has 1 atom stereocenters. The van der Waals surface area contributed by atoms with Crippen molar-refractivity contribution in [1.29, 1.82) is 0 Å². The number of sulfonamides is 1. The molecule has 3 aromatic rings. The number of hydrogen-bond donors (Lipinski definition) is 1. The molecule has 0 unspecified atom stereocenters. The monoisotopic (exact) mass is 609 g/mol. The lowest BCUT2D eigenvalue weighted by atomic mass is 9.95. The molecule has 0 heterocycles. The zero-order valence-corrected chi connectivity index (χ0v) is 26.1. The third-order valence-electron chi connectivity index (χ3n) is 7.78. The van der Waals surface area contributed by atoms with E-state index < -0.39 is 28.5 Å². The van der Waals surface area contributed by atoms with Gasteiger partial charge in [-0.05, 0) is 62.9 Å². The van der Waals surface area contributed by atoms with Crippen LogP contribution in [0.2, 0.25) is 5.02 Å². The van der Waals surface area contributed by atoms with E-state index in [-0.39, 0.29) is 34.1 Å². The molecular weight excluding hydrogens is 570 g/mol. The average Bonchev–Trinajstić information content (AvgIpc) is 2.97. The highest BCUT2D eigenvalue weighted by Gasteiger charge is 2.35. The molecule has 3 aromatic carbocycles. The van der Waals surface area contributed by atoms with Crippen molar-refractivity contribution in [2.75, 3.05) is 10.8 Å². The van der Waals surface area contributed by atoms with Crippen molar-refractivity contribution in [2.45, 2.75) is 82.8 Å². The summed E-state index contributed by atoms with van der Waals surface area (Å²) >= 11 is 6.50. The van der Waals surface area contributed by atoms with Crippen molar-refractivity contribution in [1.82, 2.24) is 10.2 Å². The Morgan fingerprint density at radius 1 is 0.929 bits per heavy atom. The van der Waals surface area contributed by atoms with Gasteiger partial charge >= 0.3 is 0 Å². The van der Waals surface area contributed by atoms with Gasteiger partial charge in [-0.1, -0.05) is 97.4 Å². The number of rotatable bonds is 11. The fraction of sp³-hybridized carbons (Fsp3) is 0.394. The molecule has 42 heavy (non-hydrogen) atoms. The fourth-order valence-electron chi connectivity index (χ4n) is 5.48. The summed E-state index contributed by atoms with van der Waals surface area (Å²) in [6, 6.07) is 20.1. The van der Waals surface area contributed by atoms with E-state index in [1.807, 2.05) is 45.0 Å². The molecule has 1 fully saturated rings. The van der Waals surface area contributed by atoms with Gasteiger partial charge in [0.2, 0.25) is 11.8 Å². The first kappa shape index (κ1) is 31.6. The maximum absolute atomic E-state index is 14.3. The molecule has 224 valence electrons. The summed E-state index contributed by atoms with van der Waals surface area (Å²) < 4.78 is 29.1. The van der Waals surface area contributed by atoms with E-state index in [1.54, 1.807) is 36.4 Å². The summed E-state index contributed by atoms with van der Waals surface area (Å²) in [7, 11) is -4.18. The summed E-state index contributed by atoms with van der Waals surface area (Å²) in [6.07, 6.45) is 5.52. The SMILES string of the molecule is CC[C@H](C(=O)NC1CCCCC1)N(Cc1cccc(C)c1)C(=O)CN(c1ccccc1Cl)S(=O)(=O)c1ccc(C)cc1. The van der Waals surface area contributed by atoms with Crippen molar-refractivity contribution >= 4 is 39.1 Å². The Kier molecular flexibility index (Phi) is 10.7. The average molecular weight is 610 g/mol. The van der Waals surface area contributed by atoms with Gasteiger partial charge in [0, 0.05) is 12.6 Å². The van der Waals surface area contributed by atoms with Crippen LogP contribution in [0.5, 0.6) is 0 Å². The molecule has 0 aromatic heterocycles. The predicted octanol–water partition coefficient (Wildman–Crippen LogP) is 6.41. The van der Waals surface area contributed by atoms with Gasteiger partial charge in [-0.25, -0.2) is 8.42 Å². The van der Waals surface area contributed by atoms with Gasteiger partial charge in [0.25, 0.3) is 10.0 Å². The Morgan fingerprint density at radius 2 is 1.62 bits per heavy atom. The van der Waals surface area contributed by atoms with Gasteiger partial charge in [-0.2, -0.15) is 0 Å². The Labute approximate surface area is 254 Å². The van der Waals surface area contributed by atoms with Crippen LogP contribution in [0.25, 0.3) is 0 Å². The second-order valence-corrected chi connectivity index (χ2v) is 13.3. The van der Waals surface area contributed by atoms with Crippen LogP contribution in [-0.4, -0.2) is 43.8 Å². The number of halogens is 1. The van der Waals surface area contributed by atoms with Crippen molar-refractivity contribution in [3.8, 4) is 0 Å². The van der Waals surface area contributed by atoms with Gasteiger partial charge in [0.1, 0.15) is 12.6 Å². The first-order valence-electron chi connectivity index (χ1n) is 14.6. The predicted molar refractivity (Wildman–Crippen MR) is 168 cm³/mol. The summed E-state index contributed by atoms with van der Waals surface area (Å²) in [4.78, 5) is 29.5. The molecule has 0 aliphatic heterocycles. The molecule has 9 heteroatoms. The van der Waals surface area contributed by atoms with E-state index in [4.69, 9.17) is 11.6 Å². The molecule has 7 nitrogen and oxygen atoms in total. The van der Waals surface area contributed by atoms with Crippen LogP contribution in [0.3, 0.4) is 0 Å². The highest BCUT2D eigenvalue weighted by molar-refractivity contribution is 7.92. The highest BCUT2D eigenvalue weighted by atomic mass is 35.5. The summed E-state index contributed by atoms with van der Waals surface area (Å²) in [5, 5.41) is 3.37. The minimum Gasteiger partial charge on any atom is -0.352 e. The van der Waals surface area contributed by atoms with E-state index >= 15 is 0 Å². The van der Waals surface area contributed by atoms with Gasteiger partial charge in [-0.3, -0.25) is 13.9 Å². The van der Waals surface area contributed by atoms with Crippen LogP contribution >= 0.6 is 11.6 Å². The highest BCUT2D eigenvalue weighted by Crippen LogP contribution is 2.31. The Morgan fingerprint density at radius 3 is 2.26 bits per heavy atom. The molecule has 1 aliphatic carbocycles. The van der Waals surface area contributed by atoms with E-state index in [0.29, 0.717) is 6.42 Å². The lowest BCUT2D eigenvalue weighted by Gasteiger charge is -2.34. The van der Waals surface area contributed by atoms with Crippen molar-refractivity contribution < 1.29 is 18.0 Å². The number of nitrogens with one attached hydrogen (secondary N) is 1. The summed E-state index contributed by atoms with van der Waals surface area (Å²) in [6.45, 7) is 5.36. The molecular formula is C33H40ClN3O4S. The first-order valence-corrected chi connectivity index (χ1v) is 16.4. The quantitative estimate of drug-likeness (QED) is 0.272. The van der Waals surface area contributed by atoms with Crippen LogP contribution in [0.1, 0.15) is 62.1 Å². The van der Waals surface area contributed by atoms with Crippen LogP contribution in [-0.2, 0) is 26.2 Å². The second-order valence-electron chi connectivity index (χ2n) is 11.1.